The fraction of sp³-hybridized carbons (Fsp3) is 0.400. The Labute approximate surface area is 86.7 Å². The van der Waals surface area contributed by atoms with Crippen molar-refractivity contribution in [1.82, 2.24) is 5.32 Å². The van der Waals surface area contributed by atoms with Crippen molar-refractivity contribution in [3.05, 3.63) is 23.3 Å². The molecule has 3 nitrogen and oxygen atoms in total. The highest BCUT2D eigenvalue weighted by molar-refractivity contribution is 5.47. The van der Waals surface area contributed by atoms with Gasteiger partial charge in [0.15, 0.2) is 17.3 Å². The Kier molecular flexibility index (Phi) is 3.85. The lowest BCUT2D eigenvalue weighted by Gasteiger charge is -2.10. The smallest absolute Gasteiger partial charge is 0.197 e. The van der Waals surface area contributed by atoms with Crippen molar-refractivity contribution in [3.8, 4) is 11.5 Å². The number of phenolic OH excluding ortho intramolecular Hbond substituents is 1. The van der Waals surface area contributed by atoms with Crippen LogP contribution in [-0.2, 0) is 6.42 Å². The Morgan fingerprint density at radius 1 is 1.40 bits per heavy atom. The van der Waals surface area contributed by atoms with E-state index in [0.29, 0.717) is 12.6 Å². The van der Waals surface area contributed by atoms with Crippen LogP contribution < -0.4 is 10.1 Å². The molecule has 0 spiro atoms. The van der Waals surface area contributed by atoms with Crippen LogP contribution in [0.5, 0.6) is 11.5 Å². The van der Waals surface area contributed by atoms with E-state index in [4.69, 9.17) is 0 Å². The van der Waals surface area contributed by atoms with E-state index in [-0.39, 0.29) is 17.7 Å². The second-order valence-corrected chi connectivity index (χ2v) is 3.05. The molecule has 0 aliphatic carbocycles. The number of rotatable bonds is 4. The summed E-state index contributed by atoms with van der Waals surface area (Å²) < 4.78 is 31.0. The van der Waals surface area contributed by atoms with E-state index < -0.39 is 17.4 Å². The molecule has 0 unspecified atom stereocenters. The highest BCUT2D eigenvalue weighted by Gasteiger charge is 2.18. The van der Waals surface area contributed by atoms with Gasteiger partial charge in [0, 0.05) is 11.6 Å². The second kappa shape index (κ2) is 4.93. The zero-order valence-corrected chi connectivity index (χ0v) is 8.60. The molecule has 84 valence electrons. The van der Waals surface area contributed by atoms with E-state index in [9.17, 15) is 13.9 Å². The Bertz CT molecular complexity index is 356. The van der Waals surface area contributed by atoms with Crippen LogP contribution in [0.25, 0.3) is 0 Å². The minimum atomic E-state index is -0.902. The van der Waals surface area contributed by atoms with Crippen LogP contribution in [0.1, 0.15) is 5.56 Å². The number of hydrogen-bond acceptors (Lipinski definition) is 3. The fourth-order valence-corrected chi connectivity index (χ4v) is 1.31. The third kappa shape index (κ3) is 2.36. The van der Waals surface area contributed by atoms with Gasteiger partial charge in [-0.1, -0.05) is 0 Å². The molecular formula is C10H13F2NO2. The molecule has 0 aliphatic heterocycles. The molecule has 0 atom stereocenters. The second-order valence-electron chi connectivity index (χ2n) is 3.05. The molecule has 0 saturated carbocycles. The Balaban J connectivity index is 3.14. The first-order valence-electron chi connectivity index (χ1n) is 4.50. The minimum Gasteiger partial charge on any atom is -0.504 e. The third-order valence-electron chi connectivity index (χ3n) is 2.09. The van der Waals surface area contributed by atoms with Crippen LogP contribution in [0.4, 0.5) is 8.78 Å². The zero-order chi connectivity index (χ0) is 11.4. The first-order valence-corrected chi connectivity index (χ1v) is 4.50. The summed E-state index contributed by atoms with van der Waals surface area (Å²) in [4.78, 5) is 0. The van der Waals surface area contributed by atoms with Gasteiger partial charge < -0.3 is 15.2 Å². The van der Waals surface area contributed by atoms with Gasteiger partial charge in [0.1, 0.15) is 5.82 Å². The quantitative estimate of drug-likeness (QED) is 0.801. The van der Waals surface area contributed by atoms with Crippen molar-refractivity contribution in [2.75, 3.05) is 20.7 Å². The Morgan fingerprint density at radius 3 is 2.60 bits per heavy atom. The summed E-state index contributed by atoms with van der Waals surface area (Å²) in [5, 5.41) is 12.4. The largest absolute Gasteiger partial charge is 0.504 e. The molecule has 0 aromatic heterocycles. The number of phenols is 1. The van der Waals surface area contributed by atoms with Crippen molar-refractivity contribution in [3.63, 3.8) is 0 Å². The van der Waals surface area contributed by atoms with Gasteiger partial charge in [-0.3, -0.25) is 0 Å². The van der Waals surface area contributed by atoms with Crippen molar-refractivity contribution in [1.29, 1.82) is 0 Å². The first-order chi connectivity index (χ1) is 7.11. The van der Waals surface area contributed by atoms with Gasteiger partial charge in [0.2, 0.25) is 0 Å². The molecule has 5 heteroatoms. The maximum Gasteiger partial charge on any atom is 0.197 e. The van der Waals surface area contributed by atoms with Gasteiger partial charge in [-0.2, -0.15) is 0 Å². The number of methoxy groups -OCH3 is 1. The molecule has 1 aromatic rings. The topological polar surface area (TPSA) is 41.5 Å². The molecule has 0 saturated heterocycles. The Morgan fingerprint density at radius 2 is 2.07 bits per heavy atom. The number of benzene rings is 1. The predicted molar refractivity (Wildman–Crippen MR) is 52.2 cm³/mol. The predicted octanol–water partition coefficient (Wildman–Crippen LogP) is 1.44. The highest BCUT2D eigenvalue weighted by Crippen LogP contribution is 2.34. The molecule has 0 amide bonds. The van der Waals surface area contributed by atoms with Gasteiger partial charge in [-0.05, 0) is 20.0 Å². The van der Waals surface area contributed by atoms with Crippen LogP contribution in [0.2, 0.25) is 0 Å². The van der Waals surface area contributed by atoms with Crippen LogP contribution in [0.15, 0.2) is 6.07 Å². The van der Waals surface area contributed by atoms with Crippen LogP contribution in [0.3, 0.4) is 0 Å². The molecule has 15 heavy (non-hydrogen) atoms. The summed E-state index contributed by atoms with van der Waals surface area (Å²) >= 11 is 0. The molecule has 1 aromatic carbocycles. The minimum absolute atomic E-state index is 0.0580. The molecular weight excluding hydrogens is 204 g/mol. The first kappa shape index (κ1) is 11.7. The summed E-state index contributed by atoms with van der Waals surface area (Å²) in [6, 6.07) is 0.712. The molecule has 0 aliphatic rings. The molecule has 2 N–H and O–H groups in total. The maximum atomic E-state index is 13.3. The number of likely N-dealkylation sites (N-methyl/N-ethyl adjacent to an activating group) is 1. The number of aromatic hydroxyl groups is 1. The summed E-state index contributed by atoms with van der Waals surface area (Å²) in [5.74, 6) is -2.45. The summed E-state index contributed by atoms with van der Waals surface area (Å²) in [6.07, 6.45) is 0.269. The van der Waals surface area contributed by atoms with Gasteiger partial charge >= 0.3 is 0 Å². The third-order valence-corrected chi connectivity index (χ3v) is 2.09. The highest BCUT2D eigenvalue weighted by atomic mass is 19.1. The molecule has 0 heterocycles. The van der Waals surface area contributed by atoms with E-state index in [2.05, 4.69) is 10.1 Å². The number of ether oxygens (including phenoxy) is 1. The summed E-state index contributed by atoms with van der Waals surface area (Å²) in [7, 11) is 2.92. The average Bonchev–Trinajstić information content (AvgIpc) is 2.17. The standard InChI is InChI=1S/C10H13F2NO2/c1-13-4-3-6-7(11)5-8(12)10(15-2)9(6)14/h5,13-14H,3-4H2,1-2H3. The lowest BCUT2D eigenvalue weighted by atomic mass is 10.1. The van der Waals surface area contributed by atoms with Gasteiger partial charge in [0.05, 0.1) is 7.11 Å². The summed E-state index contributed by atoms with van der Waals surface area (Å²) in [6.45, 7) is 0.485. The maximum absolute atomic E-state index is 13.3. The van der Waals surface area contributed by atoms with Gasteiger partial charge in [-0.15, -0.1) is 0 Å². The van der Waals surface area contributed by atoms with E-state index in [1.807, 2.05) is 0 Å². The lowest BCUT2D eigenvalue weighted by Crippen LogP contribution is -2.11. The van der Waals surface area contributed by atoms with E-state index >= 15 is 0 Å². The number of hydrogen-bond donors (Lipinski definition) is 2. The van der Waals surface area contributed by atoms with E-state index in [1.54, 1.807) is 7.05 Å². The lowest BCUT2D eigenvalue weighted by molar-refractivity contribution is 0.344. The van der Waals surface area contributed by atoms with Gasteiger partial charge in [0.25, 0.3) is 0 Å². The molecule has 0 bridgehead atoms. The van der Waals surface area contributed by atoms with Crippen molar-refractivity contribution in [2.24, 2.45) is 0 Å². The number of halogens is 2. The molecule has 0 radical (unpaired) electrons. The number of nitrogens with one attached hydrogen (secondary N) is 1. The zero-order valence-electron chi connectivity index (χ0n) is 8.60. The van der Waals surface area contributed by atoms with E-state index in [1.165, 1.54) is 7.11 Å². The van der Waals surface area contributed by atoms with Gasteiger partial charge in [-0.25, -0.2) is 8.78 Å². The van der Waals surface area contributed by atoms with Crippen LogP contribution >= 0.6 is 0 Å². The molecule has 1 rings (SSSR count). The molecule has 0 fully saturated rings. The van der Waals surface area contributed by atoms with Crippen molar-refractivity contribution >= 4 is 0 Å². The van der Waals surface area contributed by atoms with E-state index in [0.717, 1.165) is 0 Å². The monoisotopic (exact) mass is 217 g/mol. The summed E-state index contributed by atoms with van der Waals surface area (Å²) in [5.41, 5.74) is 0.0580. The van der Waals surface area contributed by atoms with Crippen LogP contribution in [-0.4, -0.2) is 25.8 Å². The average molecular weight is 217 g/mol. The van der Waals surface area contributed by atoms with Crippen molar-refractivity contribution in [2.45, 2.75) is 6.42 Å². The normalized spacial score (nSPS) is 10.4. The SMILES string of the molecule is CNCCc1c(F)cc(F)c(OC)c1O. The Hall–Kier alpha value is -1.36. The fourth-order valence-electron chi connectivity index (χ4n) is 1.31. The van der Waals surface area contributed by atoms with Crippen molar-refractivity contribution < 1.29 is 18.6 Å². The van der Waals surface area contributed by atoms with Crippen LogP contribution in [0, 0.1) is 11.6 Å².